The molecule has 0 aromatic heterocycles. The van der Waals surface area contributed by atoms with Crippen molar-refractivity contribution in [2.45, 2.75) is 25.8 Å². The molecule has 0 amide bonds. The van der Waals surface area contributed by atoms with Gasteiger partial charge in [-0.05, 0) is 30.5 Å². The van der Waals surface area contributed by atoms with Crippen LogP contribution in [0.2, 0.25) is 0 Å². The summed E-state index contributed by atoms with van der Waals surface area (Å²) < 4.78 is 11.4. The third kappa shape index (κ3) is 4.50. The Kier molecular flexibility index (Phi) is 5.64. The van der Waals surface area contributed by atoms with Crippen molar-refractivity contribution in [1.82, 2.24) is 0 Å². The predicted octanol–water partition coefficient (Wildman–Crippen LogP) is 3.21. The molecule has 2 aromatic rings. The SMILES string of the molecule is COc1cccc(CC(C)N)c1OCCc1ccccc1. The Morgan fingerprint density at radius 1 is 1.05 bits per heavy atom. The first-order valence-electron chi connectivity index (χ1n) is 7.29. The molecule has 1 unspecified atom stereocenters. The fraction of sp³-hybridized carbons (Fsp3) is 0.333. The van der Waals surface area contributed by atoms with E-state index in [0.29, 0.717) is 6.61 Å². The van der Waals surface area contributed by atoms with Crippen LogP contribution in [0.15, 0.2) is 48.5 Å². The van der Waals surface area contributed by atoms with E-state index in [1.54, 1.807) is 7.11 Å². The van der Waals surface area contributed by atoms with E-state index in [-0.39, 0.29) is 6.04 Å². The first-order chi connectivity index (χ1) is 10.2. The molecule has 0 saturated carbocycles. The lowest BCUT2D eigenvalue weighted by atomic mass is 10.1. The van der Waals surface area contributed by atoms with E-state index in [2.05, 4.69) is 12.1 Å². The molecule has 0 aliphatic carbocycles. The lowest BCUT2D eigenvalue weighted by Crippen LogP contribution is -2.18. The molecule has 0 radical (unpaired) electrons. The van der Waals surface area contributed by atoms with Crippen LogP contribution in [-0.4, -0.2) is 19.8 Å². The Bertz CT molecular complexity index is 552. The van der Waals surface area contributed by atoms with Gasteiger partial charge in [0.25, 0.3) is 0 Å². The zero-order chi connectivity index (χ0) is 15.1. The van der Waals surface area contributed by atoms with Gasteiger partial charge in [0.1, 0.15) is 0 Å². The number of benzene rings is 2. The number of nitrogens with two attached hydrogens (primary N) is 1. The van der Waals surface area contributed by atoms with E-state index < -0.39 is 0 Å². The average molecular weight is 285 g/mol. The van der Waals surface area contributed by atoms with E-state index in [1.165, 1.54) is 5.56 Å². The molecule has 0 aliphatic rings. The summed E-state index contributed by atoms with van der Waals surface area (Å²) in [5.41, 5.74) is 8.27. The molecule has 0 bridgehead atoms. The van der Waals surface area contributed by atoms with Crippen LogP contribution >= 0.6 is 0 Å². The standard InChI is InChI=1S/C18H23NO2/c1-14(19)13-16-9-6-10-17(20-2)18(16)21-12-11-15-7-4-3-5-8-15/h3-10,14H,11-13,19H2,1-2H3. The van der Waals surface area contributed by atoms with Gasteiger partial charge in [0.2, 0.25) is 0 Å². The van der Waals surface area contributed by atoms with Crippen LogP contribution < -0.4 is 15.2 Å². The van der Waals surface area contributed by atoms with E-state index in [1.807, 2.05) is 43.3 Å². The molecule has 21 heavy (non-hydrogen) atoms. The molecule has 0 saturated heterocycles. The van der Waals surface area contributed by atoms with Crippen LogP contribution in [-0.2, 0) is 12.8 Å². The van der Waals surface area contributed by atoms with Gasteiger partial charge in [-0.25, -0.2) is 0 Å². The Balaban J connectivity index is 2.06. The van der Waals surface area contributed by atoms with Gasteiger partial charge in [-0.1, -0.05) is 42.5 Å². The van der Waals surface area contributed by atoms with Crippen LogP contribution in [0.5, 0.6) is 11.5 Å². The number of hydrogen-bond acceptors (Lipinski definition) is 3. The average Bonchev–Trinajstić information content (AvgIpc) is 2.49. The van der Waals surface area contributed by atoms with Crippen molar-refractivity contribution in [3.63, 3.8) is 0 Å². The maximum atomic E-state index is 5.98. The van der Waals surface area contributed by atoms with Crippen molar-refractivity contribution in [2.24, 2.45) is 5.73 Å². The van der Waals surface area contributed by atoms with Gasteiger partial charge in [-0.15, -0.1) is 0 Å². The minimum Gasteiger partial charge on any atom is -0.493 e. The molecule has 0 heterocycles. The fourth-order valence-electron chi connectivity index (χ4n) is 2.31. The van der Waals surface area contributed by atoms with Gasteiger partial charge in [-0.3, -0.25) is 0 Å². The number of ether oxygens (including phenoxy) is 2. The topological polar surface area (TPSA) is 44.5 Å². The van der Waals surface area contributed by atoms with Crippen molar-refractivity contribution >= 4 is 0 Å². The minimum absolute atomic E-state index is 0.0913. The van der Waals surface area contributed by atoms with Crippen molar-refractivity contribution in [3.05, 3.63) is 59.7 Å². The second-order valence-electron chi connectivity index (χ2n) is 5.21. The van der Waals surface area contributed by atoms with Gasteiger partial charge in [0.15, 0.2) is 11.5 Å². The third-order valence-corrected chi connectivity index (χ3v) is 3.30. The summed E-state index contributed by atoms with van der Waals surface area (Å²) in [7, 11) is 1.66. The molecule has 3 nitrogen and oxygen atoms in total. The molecule has 112 valence electrons. The van der Waals surface area contributed by atoms with Gasteiger partial charge >= 0.3 is 0 Å². The summed E-state index contributed by atoms with van der Waals surface area (Å²) in [6.45, 7) is 2.61. The van der Waals surface area contributed by atoms with Gasteiger partial charge in [0.05, 0.1) is 13.7 Å². The Morgan fingerprint density at radius 3 is 2.48 bits per heavy atom. The first kappa shape index (κ1) is 15.4. The number of rotatable bonds is 7. The quantitative estimate of drug-likeness (QED) is 0.849. The van der Waals surface area contributed by atoms with Crippen molar-refractivity contribution in [3.8, 4) is 11.5 Å². The van der Waals surface area contributed by atoms with Crippen molar-refractivity contribution in [1.29, 1.82) is 0 Å². The summed E-state index contributed by atoms with van der Waals surface area (Å²) in [6, 6.07) is 16.3. The number of methoxy groups -OCH3 is 1. The van der Waals surface area contributed by atoms with Crippen LogP contribution in [0.3, 0.4) is 0 Å². The highest BCUT2D eigenvalue weighted by Gasteiger charge is 2.12. The Morgan fingerprint density at radius 2 is 1.81 bits per heavy atom. The fourth-order valence-corrected chi connectivity index (χ4v) is 2.31. The van der Waals surface area contributed by atoms with E-state index in [0.717, 1.165) is 29.9 Å². The van der Waals surface area contributed by atoms with Crippen LogP contribution in [0.1, 0.15) is 18.1 Å². The smallest absolute Gasteiger partial charge is 0.164 e. The van der Waals surface area contributed by atoms with Gasteiger partial charge in [-0.2, -0.15) is 0 Å². The summed E-state index contributed by atoms with van der Waals surface area (Å²) in [6.07, 6.45) is 1.65. The largest absolute Gasteiger partial charge is 0.493 e. The highest BCUT2D eigenvalue weighted by molar-refractivity contribution is 5.47. The molecule has 2 aromatic carbocycles. The van der Waals surface area contributed by atoms with E-state index >= 15 is 0 Å². The van der Waals surface area contributed by atoms with Gasteiger partial charge < -0.3 is 15.2 Å². The summed E-state index contributed by atoms with van der Waals surface area (Å²) >= 11 is 0. The maximum absolute atomic E-state index is 5.98. The van der Waals surface area contributed by atoms with E-state index in [9.17, 15) is 0 Å². The molecular formula is C18H23NO2. The predicted molar refractivity (Wildman–Crippen MR) is 86.0 cm³/mol. The Labute approximate surface area is 126 Å². The minimum atomic E-state index is 0.0913. The highest BCUT2D eigenvalue weighted by Crippen LogP contribution is 2.31. The highest BCUT2D eigenvalue weighted by atomic mass is 16.5. The molecule has 2 rings (SSSR count). The molecular weight excluding hydrogens is 262 g/mol. The molecule has 0 spiro atoms. The monoisotopic (exact) mass is 285 g/mol. The maximum Gasteiger partial charge on any atom is 0.164 e. The van der Waals surface area contributed by atoms with Crippen LogP contribution in [0, 0.1) is 0 Å². The number of para-hydroxylation sites is 1. The molecule has 3 heteroatoms. The lowest BCUT2D eigenvalue weighted by Gasteiger charge is -2.16. The summed E-state index contributed by atoms with van der Waals surface area (Å²) in [5.74, 6) is 1.58. The normalized spacial score (nSPS) is 12.0. The van der Waals surface area contributed by atoms with Crippen LogP contribution in [0.4, 0.5) is 0 Å². The number of hydrogen-bond donors (Lipinski definition) is 1. The first-order valence-corrected chi connectivity index (χ1v) is 7.29. The molecule has 1 atom stereocenters. The zero-order valence-corrected chi connectivity index (χ0v) is 12.7. The molecule has 0 fully saturated rings. The summed E-state index contributed by atoms with van der Waals surface area (Å²) in [4.78, 5) is 0. The second-order valence-corrected chi connectivity index (χ2v) is 5.21. The zero-order valence-electron chi connectivity index (χ0n) is 12.7. The third-order valence-electron chi connectivity index (χ3n) is 3.30. The molecule has 0 aliphatic heterocycles. The van der Waals surface area contributed by atoms with Gasteiger partial charge in [0, 0.05) is 12.5 Å². The second kappa shape index (κ2) is 7.70. The molecule has 2 N–H and O–H groups in total. The van der Waals surface area contributed by atoms with Crippen molar-refractivity contribution < 1.29 is 9.47 Å². The van der Waals surface area contributed by atoms with E-state index in [4.69, 9.17) is 15.2 Å². The lowest BCUT2D eigenvalue weighted by molar-refractivity contribution is 0.294. The summed E-state index contributed by atoms with van der Waals surface area (Å²) in [5, 5.41) is 0. The van der Waals surface area contributed by atoms with Crippen LogP contribution in [0.25, 0.3) is 0 Å². The Hall–Kier alpha value is -2.00. The van der Waals surface area contributed by atoms with Crippen molar-refractivity contribution in [2.75, 3.05) is 13.7 Å².